The van der Waals surface area contributed by atoms with Gasteiger partial charge in [0.2, 0.25) is 5.91 Å². The summed E-state index contributed by atoms with van der Waals surface area (Å²) in [5.41, 5.74) is 0.876. The Balaban J connectivity index is 1.75. The molecule has 0 saturated carbocycles. The van der Waals surface area contributed by atoms with Crippen LogP contribution in [-0.4, -0.2) is 56.0 Å². The third kappa shape index (κ3) is 3.63. The number of fused-ring (bicyclic) bond motifs is 1. The molecule has 0 radical (unpaired) electrons. The maximum Gasteiger partial charge on any atom is 0.262 e. The van der Waals surface area contributed by atoms with Gasteiger partial charge in [0.25, 0.3) is 5.91 Å². The number of ether oxygens (including phenoxy) is 1. The van der Waals surface area contributed by atoms with Crippen molar-refractivity contribution in [3.05, 3.63) is 24.3 Å². The maximum atomic E-state index is 12.7. The molecule has 6 nitrogen and oxygen atoms in total. The van der Waals surface area contributed by atoms with Gasteiger partial charge in [-0.1, -0.05) is 25.0 Å². The van der Waals surface area contributed by atoms with Crippen molar-refractivity contribution in [2.45, 2.75) is 31.8 Å². The molecule has 6 heteroatoms. The molecule has 2 heterocycles. The molecule has 24 heavy (non-hydrogen) atoms. The third-order valence-electron chi connectivity index (χ3n) is 4.69. The monoisotopic (exact) mass is 331 g/mol. The standard InChI is InChI=1S/C18H25N3O3/c1-19-18(23)16-12-21(14-8-4-5-9-15(14)24-16)13-17(22)20-10-6-2-3-7-11-20/h4-5,8-9,16H,2-3,6-7,10-13H2,1H3,(H,19,23)/t16-/m1/s1. The Morgan fingerprint density at radius 3 is 2.58 bits per heavy atom. The molecule has 3 rings (SSSR count). The normalized spacial score (nSPS) is 20.6. The Bertz CT molecular complexity index is 597. The minimum atomic E-state index is -0.596. The summed E-state index contributed by atoms with van der Waals surface area (Å²) in [6.07, 6.45) is 3.95. The van der Waals surface area contributed by atoms with E-state index in [0.29, 0.717) is 12.3 Å². The van der Waals surface area contributed by atoms with Gasteiger partial charge in [0.15, 0.2) is 6.10 Å². The predicted molar refractivity (Wildman–Crippen MR) is 92.2 cm³/mol. The Hall–Kier alpha value is -2.24. The average Bonchev–Trinajstić information content (AvgIpc) is 2.90. The largest absolute Gasteiger partial charge is 0.477 e. The van der Waals surface area contributed by atoms with Crippen LogP contribution >= 0.6 is 0 Å². The van der Waals surface area contributed by atoms with Crippen LogP contribution < -0.4 is 15.0 Å². The van der Waals surface area contributed by atoms with Crippen LogP contribution in [0.1, 0.15) is 25.7 Å². The Morgan fingerprint density at radius 2 is 1.88 bits per heavy atom. The van der Waals surface area contributed by atoms with E-state index in [4.69, 9.17) is 4.74 Å². The second-order valence-corrected chi connectivity index (χ2v) is 6.36. The molecule has 1 aromatic rings. The van der Waals surface area contributed by atoms with Gasteiger partial charge in [0.1, 0.15) is 5.75 Å². The molecular weight excluding hydrogens is 306 g/mol. The molecule has 1 fully saturated rings. The van der Waals surface area contributed by atoms with Crippen LogP contribution in [0.25, 0.3) is 0 Å². The van der Waals surface area contributed by atoms with Crippen molar-refractivity contribution in [1.29, 1.82) is 0 Å². The highest BCUT2D eigenvalue weighted by atomic mass is 16.5. The predicted octanol–water partition coefficient (Wildman–Crippen LogP) is 1.40. The summed E-state index contributed by atoms with van der Waals surface area (Å²) in [6.45, 7) is 2.34. The lowest BCUT2D eigenvalue weighted by atomic mass is 10.1. The molecule has 2 aliphatic rings. The smallest absolute Gasteiger partial charge is 0.262 e. The van der Waals surface area contributed by atoms with Gasteiger partial charge in [0.05, 0.1) is 18.8 Å². The van der Waals surface area contributed by atoms with Crippen LogP contribution in [0.3, 0.4) is 0 Å². The minimum Gasteiger partial charge on any atom is -0.477 e. The topological polar surface area (TPSA) is 61.9 Å². The lowest BCUT2D eigenvalue weighted by Gasteiger charge is -2.36. The highest BCUT2D eigenvalue weighted by molar-refractivity contribution is 5.86. The van der Waals surface area contributed by atoms with Gasteiger partial charge in [-0.25, -0.2) is 0 Å². The van der Waals surface area contributed by atoms with Gasteiger partial charge >= 0.3 is 0 Å². The molecule has 0 spiro atoms. The van der Waals surface area contributed by atoms with E-state index in [1.807, 2.05) is 34.1 Å². The number of carbonyl (C=O) groups is 2. The second kappa shape index (κ2) is 7.55. The summed E-state index contributed by atoms with van der Waals surface area (Å²) < 4.78 is 5.78. The van der Waals surface area contributed by atoms with E-state index in [2.05, 4.69) is 5.32 Å². The van der Waals surface area contributed by atoms with E-state index in [-0.39, 0.29) is 18.4 Å². The van der Waals surface area contributed by atoms with Crippen molar-refractivity contribution in [3.63, 3.8) is 0 Å². The number of hydrogen-bond donors (Lipinski definition) is 1. The lowest BCUT2D eigenvalue weighted by molar-refractivity contribution is -0.131. The van der Waals surface area contributed by atoms with E-state index >= 15 is 0 Å². The van der Waals surface area contributed by atoms with Crippen molar-refractivity contribution in [1.82, 2.24) is 10.2 Å². The van der Waals surface area contributed by atoms with Gasteiger partial charge in [-0.15, -0.1) is 0 Å². The van der Waals surface area contributed by atoms with Crippen LogP contribution in [0.4, 0.5) is 5.69 Å². The number of benzene rings is 1. The van der Waals surface area contributed by atoms with Crippen LogP contribution in [0.5, 0.6) is 5.75 Å². The SMILES string of the molecule is CNC(=O)[C@H]1CN(CC(=O)N2CCCCCC2)c2ccccc2O1. The van der Waals surface area contributed by atoms with Gasteiger partial charge in [-0.05, 0) is 25.0 Å². The molecule has 1 aromatic carbocycles. The number of rotatable bonds is 3. The Labute approximate surface area is 142 Å². The quantitative estimate of drug-likeness (QED) is 0.909. The summed E-state index contributed by atoms with van der Waals surface area (Å²) in [5.74, 6) is 0.613. The van der Waals surface area contributed by atoms with E-state index in [9.17, 15) is 9.59 Å². The number of likely N-dealkylation sites (tertiary alicyclic amines) is 1. The fourth-order valence-corrected chi connectivity index (χ4v) is 3.34. The van der Waals surface area contributed by atoms with Gasteiger partial charge < -0.3 is 19.9 Å². The summed E-state index contributed by atoms with van der Waals surface area (Å²) in [5, 5.41) is 2.63. The molecule has 0 unspecified atom stereocenters. The average molecular weight is 331 g/mol. The fourth-order valence-electron chi connectivity index (χ4n) is 3.34. The number of para-hydroxylation sites is 2. The van der Waals surface area contributed by atoms with E-state index in [1.165, 1.54) is 12.8 Å². The van der Waals surface area contributed by atoms with E-state index < -0.39 is 6.10 Å². The van der Waals surface area contributed by atoms with Crippen molar-refractivity contribution in [2.75, 3.05) is 38.1 Å². The van der Waals surface area contributed by atoms with Crippen LogP contribution in [-0.2, 0) is 9.59 Å². The Kier molecular flexibility index (Phi) is 5.23. The van der Waals surface area contributed by atoms with Crippen molar-refractivity contribution >= 4 is 17.5 Å². The molecular formula is C18H25N3O3. The molecule has 0 aliphatic carbocycles. The molecule has 0 aromatic heterocycles. The second-order valence-electron chi connectivity index (χ2n) is 6.36. The minimum absolute atomic E-state index is 0.129. The first-order valence-electron chi connectivity index (χ1n) is 8.69. The first-order chi connectivity index (χ1) is 11.7. The number of hydrogen-bond acceptors (Lipinski definition) is 4. The highest BCUT2D eigenvalue weighted by Gasteiger charge is 2.31. The summed E-state index contributed by atoms with van der Waals surface area (Å²) in [4.78, 5) is 28.6. The van der Waals surface area contributed by atoms with Gasteiger partial charge in [0, 0.05) is 20.1 Å². The van der Waals surface area contributed by atoms with Crippen molar-refractivity contribution in [2.24, 2.45) is 0 Å². The molecule has 0 bridgehead atoms. The fraction of sp³-hybridized carbons (Fsp3) is 0.556. The van der Waals surface area contributed by atoms with Gasteiger partial charge in [-0.3, -0.25) is 9.59 Å². The van der Waals surface area contributed by atoms with Crippen LogP contribution in [0.2, 0.25) is 0 Å². The molecule has 1 atom stereocenters. The van der Waals surface area contributed by atoms with Gasteiger partial charge in [-0.2, -0.15) is 0 Å². The number of nitrogens with zero attached hydrogens (tertiary/aromatic N) is 2. The molecule has 1 saturated heterocycles. The van der Waals surface area contributed by atoms with Crippen molar-refractivity contribution < 1.29 is 14.3 Å². The third-order valence-corrected chi connectivity index (χ3v) is 4.69. The lowest BCUT2D eigenvalue weighted by Crippen LogP contribution is -2.51. The summed E-state index contributed by atoms with van der Waals surface area (Å²) in [6, 6.07) is 7.57. The molecule has 1 N–H and O–H groups in total. The zero-order chi connectivity index (χ0) is 16.9. The summed E-state index contributed by atoms with van der Waals surface area (Å²) in [7, 11) is 1.60. The molecule has 130 valence electrons. The first kappa shape index (κ1) is 16.6. The Morgan fingerprint density at radius 1 is 1.17 bits per heavy atom. The van der Waals surface area contributed by atoms with Crippen LogP contribution in [0, 0.1) is 0 Å². The highest BCUT2D eigenvalue weighted by Crippen LogP contribution is 2.33. The number of nitrogens with one attached hydrogen (secondary N) is 1. The number of anilines is 1. The van der Waals surface area contributed by atoms with E-state index in [0.717, 1.165) is 31.6 Å². The van der Waals surface area contributed by atoms with Crippen LogP contribution in [0.15, 0.2) is 24.3 Å². The van der Waals surface area contributed by atoms with E-state index in [1.54, 1.807) is 7.05 Å². The number of amides is 2. The number of likely N-dealkylation sites (N-methyl/N-ethyl adjacent to an activating group) is 1. The zero-order valence-corrected chi connectivity index (χ0v) is 14.2. The maximum absolute atomic E-state index is 12.7. The van der Waals surface area contributed by atoms with Crippen molar-refractivity contribution in [3.8, 4) is 5.75 Å². The molecule has 2 aliphatic heterocycles. The summed E-state index contributed by atoms with van der Waals surface area (Å²) >= 11 is 0. The first-order valence-corrected chi connectivity index (χ1v) is 8.69. The number of carbonyl (C=O) groups excluding carboxylic acids is 2. The zero-order valence-electron chi connectivity index (χ0n) is 14.2. The molecule has 2 amide bonds.